The van der Waals surface area contributed by atoms with Gasteiger partial charge in [-0.25, -0.2) is 4.39 Å². The molecule has 0 bridgehead atoms. The fourth-order valence-electron chi connectivity index (χ4n) is 3.55. The summed E-state index contributed by atoms with van der Waals surface area (Å²) in [5, 5.41) is 11.6. The number of hydrogen-bond acceptors (Lipinski definition) is 4. The number of piperidine rings is 1. The van der Waals surface area contributed by atoms with Crippen molar-refractivity contribution in [2.24, 2.45) is 0 Å². The highest BCUT2D eigenvalue weighted by Gasteiger charge is 2.13. The Labute approximate surface area is 169 Å². The summed E-state index contributed by atoms with van der Waals surface area (Å²) in [6.07, 6.45) is 3.65. The van der Waals surface area contributed by atoms with Crippen molar-refractivity contribution in [3.8, 4) is 11.3 Å². The van der Waals surface area contributed by atoms with Crippen molar-refractivity contribution < 1.29 is 9.18 Å². The number of nitrogens with one attached hydrogen (secondary N) is 1. The topological polar surface area (TPSA) is 58.1 Å². The minimum absolute atomic E-state index is 0.0127. The van der Waals surface area contributed by atoms with Crippen molar-refractivity contribution in [1.29, 1.82) is 0 Å². The van der Waals surface area contributed by atoms with Crippen LogP contribution in [0.4, 0.5) is 15.9 Å². The van der Waals surface area contributed by atoms with Crippen LogP contribution in [0.3, 0.4) is 0 Å². The summed E-state index contributed by atoms with van der Waals surface area (Å²) in [4.78, 5) is 14.6. The third-order valence-electron chi connectivity index (χ3n) is 5.08. The van der Waals surface area contributed by atoms with Gasteiger partial charge in [-0.1, -0.05) is 30.3 Å². The smallest absolute Gasteiger partial charge is 0.228 e. The maximum absolute atomic E-state index is 13.7. The molecular formula is C23H23FN4O. The fraction of sp³-hybridized carbons (Fsp3) is 0.261. The third kappa shape index (κ3) is 4.77. The first-order valence-corrected chi connectivity index (χ1v) is 9.91. The van der Waals surface area contributed by atoms with Crippen LogP contribution < -0.4 is 10.2 Å². The molecule has 1 amide bonds. The Balaban J connectivity index is 1.44. The van der Waals surface area contributed by atoms with Crippen LogP contribution in [0.1, 0.15) is 24.8 Å². The maximum atomic E-state index is 13.7. The standard InChI is InChI=1S/C23H23FN4O/c24-20-10-3-2-7-17(20)16-23(29)25-19-9-6-8-18(15-19)21-11-12-22(27-26-21)28-13-4-1-5-14-28/h2-3,6-12,15H,1,4-5,13-14,16H2,(H,25,29). The number of halogens is 1. The second-order valence-corrected chi connectivity index (χ2v) is 7.22. The first-order chi connectivity index (χ1) is 14.2. The van der Waals surface area contributed by atoms with Gasteiger partial charge in [-0.05, 0) is 55.2 Å². The molecule has 0 saturated carbocycles. The van der Waals surface area contributed by atoms with Crippen molar-refractivity contribution in [3.63, 3.8) is 0 Å². The van der Waals surface area contributed by atoms with E-state index >= 15 is 0 Å². The van der Waals surface area contributed by atoms with Gasteiger partial charge in [0.2, 0.25) is 5.91 Å². The van der Waals surface area contributed by atoms with Crippen LogP contribution in [-0.2, 0) is 11.2 Å². The molecule has 1 N–H and O–H groups in total. The highest BCUT2D eigenvalue weighted by Crippen LogP contribution is 2.23. The second-order valence-electron chi connectivity index (χ2n) is 7.22. The summed E-state index contributed by atoms with van der Waals surface area (Å²) >= 11 is 0. The second kappa shape index (κ2) is 8.82. The summed E-state index contributed by atoms with van der Waals surface area (Å²) < 4.78 is 13.7. The molecule has 3 aromatic rings. The molecule has 0 spiro atoms. The zero-order valence-electron chi connectivity index (χ0n) is 16.1. The summed E-state index contributed by atoms with van der Waals surface area (Å²) in [6, 6.07) is 17.7. The molecule has 6 heteroatoms. The van der Waals surface area contributed by atoms with E-state index in [4.69, 9.17) is 0 Å². The summed E-state index contributed by atoms with van der Waals surface area (Å²) in [5.41, 5.74) is 2.63. The van der Waals surface area contributed by atoms with Gasteiger partial charge in [0, 0.05) is 24.3 Å². The van der Waals surface area contributed by atoms with Crippen LogP contribution in [0.2, 0.25) is 0 Å². The van der Waals surface area contributed by atoms with Crippen molar-refractivity contribution in [1.82, 2.24) is 10.2 Å². The Morgan fingerprint density at radius 2 is 1.79 bits per heavy atom. The van der Waals surface area contributed by atoms with E-state index in [0.717, 1.165) is 30.2 Å². The van der Waals surface area contributed by atoms with Gasteiger partial charge in [0.25, 0.3) is 0 Å². The zero-order chi connectivity index (χ0) is 20.1. The van der Waals surface area contributed by atoms with E-state index in [0.29, 0.717) is 11.3 Å². The molecule has 1 aromatic heterocycles. The molecule has 1 aliphatic rings. The average Bonchev–Trinajstić information content (AvgIpc) is 2.76. The molecule has 0 aliphatic carbocycles. The number of benzene rings is 2. The third-order valence-corrected chi connectivity index (χ3v) is 5.08. The number of rotatable bonds is 5. The largest absolute Gasteiger partial charge is 0.355 e. The molecular weight excluding hydrogens is 367 g/mol. The van der Waals surface area contributed by atoms with Gasteiger partial charge in [0.15, 0.2) is 5.82 Å². The first-order valence-electron chi connectivity index (χ1n) is 9.91. The lowest BCUT2D eigenvalue weighted by Crippen LogP contribution is -2.30. The molecule has 4 rings (SSSR count). The van der Waals surface area contributed by atoms with Crippen molar-refractivity contribution in [3.05, 3.63) is 72.0 Å². The van der Waals surface area contributed by atoms with Crippen LogP contribution in [0.5, 0.6) is 0 Å². The minimum Gasteiger partial charge on any atom is -0.355 e. The van der Waals surface area contributed by atoms with Gasteiger partial charge in [-0.15, -0.1) is 10.2 Å². The molecule has 5 nitrogen and oxygen atoms in total. The van der Waals surface area contributed by atoms with Gasteiger partial charge in [-0.3, -0.25) is 4.79 Å². The van der Waals surface area contributed by atoms with Crippen molar-refractivity contribution >= 4 is 17.4 Å². The monoisotopic (exact) mass is 390 g/mol. The predicted molar refractivity (Wildman–Crippen MR) is 112 cm³/mol. The summed E-state index contributed by atoms with van der Waals surface area (Å²) in [5.74, 6) is 0.266. The molecule has 0 radical (unpaired) electrons. The Kier molecular flexibility index (Phi) is 5.79. The Hall–Kier alpha value is -3.28. The molecule has 0 unspecified atom stereocenters. The van der Waals surface area contributed by atoms with Crippen LogP contribution >= 0.6 is 0 Å². The number of carbonyl (C=O) groups excluding carboxylic acids is 1. The normalized spacial score (nSPS) is 13.9. The number of amides is 1. The molecule has 148 valence electrons. The predicted octanol–water partition coefficient (Wildman–Crippen LogP) is 4.45. The quantitative estimate of drug-likeness (QED) is 0.699. The zero-order valence-corrected chi connectivity index (χ0v) is 16.1. The summed E-state index contributed by atoms with van der Waals surface area (Å²) in [6.45, 7) is 2.05. The number of anilines is 2. The molecule has 1 aliphatic heterocycles. The highest BCUT2D eigenvalue weighted by atomic mass is 19.1. The Bertz CT molecular complexity index is 984. The van der Waals surface area contributed by atoms with Gasteiger partial charge in [-0.2, -0.15) is 0 Å². The average molecular weight is 390 g/mol. The van der Waals surface area contributed by atoms with Gasteiger partial charge in [0.1, 0.15) is 5.82 Å². The number of hydrogen-bond donors (Lipinski definition) is 1. The SMILES string of the molecule is O=C(Cc1ccccc1F)Nc1cccc(-c2ccc(N3CCCCC3)nn2)c1. The number of nitrogens with zero attached hydrogens (tertiary/aromatic N) is 3. The van der Waals surface area contributed by atoms with Crippen LogP contribution in [0, 0.1) is 5.82 Å². The van der Waals surface area contributed by atoms with E-state index in [1.807, 2.05) is 30.3 Å². The molecule has 1 fully saturated rings. The lowest BCUT2D eigenvalue weighted by molar-refractivity contribution is -0.115. The number of aromatic nitrogens is 2. The minimum atomic E-state index is -0.375. The van der Waals surface area contributed by atoms with Crippen LogP contribution in [-0.4, -0.2) is 29.2 Å². The van der Waals surface area contributed by atoms with Crippen molar-refractivity contribution in [2.75, 3.05) is 23.3 Å². The fourth-order valence-corrected chi connectivity index (χ4v) is 3.55. The molecule has 1 saturated heterocycles. The van der Waals surface area contributed by atoms with E-state index in [1.165, 1.54) is 25.3 Å². The molecule has 2 heterocycles. The van der Waals surface area contributed by atoms with Crippen LogP contribution in [0.25, 0.3) is 11.3 Å². The van der Waals surface area contributed by atoms with Crippen LogP contribution in [0.15, 0.2) is 60.7 Å². The van der Waals surface area contributed by atoms with Gasteiger partial charge >= 0.3 is 0 Å². The maximum Gasteiger partial charge on any atom is 0.228 e. The molecule has 29 heavy (non-hydrogen) atoms. The number of carbonyl (C=O) groups is 1. The van der Waals surface area contributed by atoms with E-state index in [-0.39, 0.29) is 18.1 Å². The highest BCUT2D eigenvalue weighted by molar-refractivity contribution is 5.92. The van der Waals surface area contributed by atoms with E-state index < -0.39 is 0 Å². The van der Waals surface area contributed by atoms with Gasteiger partial charge in [0.05, 0.1) is 12.1 Å². The Morgan fingerprint density at radius 3 is 2.55 bits per heavy atom. The Morgan fingerprint density at radius 1 is 0.966 bits per heavy atom. The molecule has 2 aromatic carbocycles. The molecule has 0 atom stereocenters. The first kappa shape index (κ1) is 19.1. The van der Waals surface area contributed by atoms with E-state index in [1.54, 1.807) is 24.3 Å². The van der Waals surface area contributed by atoms with E-state index in [2.05, 4.69) is 20.4 Å². The summed E-state index contributed by atoms with van der Waals surface area (Å²) in [7, 11) is 0. The van der Waals surface area contributed by atoms with E-state index in [9.17, 15) is 9.18 Å². The lowest BCUT2D eigenvalue weighted by atomic mass is 10.1. The van der Waals surface area contributed by atoms with Gasteiger partial charge < -0.3 is 10.2 Å². The van der Waals surface area contributed by atoms with Crippen molar-refractivity contribution in [2.45, 2.75) is 25.7 Å². The lowest BCUT2D eigenvalue weighted by Gasteiger charge is -2.27.